The highest BCUT2D eigenvalue weighted by molar-refractivity contribution is 5.95. The Morgan fingerprint density at radius 1 is 1.14 bits per heavy atom. The number of hydrogen-bond donors (Lipinski definition) is 1. The average molecular weight is 305 g/mol. The minimum Gasteiger partial charge on any atom is -0.461 e. The molecular formula is C16H19NO5. The van der Waals surface area contributed by atoms with E-state index in [2.05, 4.69) is 10.1 Å². The van der Waals surface area contributed by atoms with E-state index < -0.39 is 18.1 Å². The number of esters is 2. The van der Waals surface area contributed by atoms with Gasteiger partial charge in [-0.1, -0.05) is 43.2 Å². The molecule has 0 saturated carbocycles. The minimum atomic E-state index is -0.681. The summed E-state index contributed by atoms with van der Waals surface area (Å²) in [4.78, 5) is 33.6. The molecule has 2 rings (SSSR count). The summed E-state index contributed by atoms with van der Waals surface area (Å²) >= 11 is 0. The zero-order valence-electron chi connectivity index (χ0n) is 12.2. The van der Waals surface area contributed by atoms with Gasteiger partial charge in [0.15, 0.2) is 0 Å². The van der Waals surface area contributed by atoms with E-state index in [1.54, 1.807) is 0 Å². The van der Waals surface area contributed by atoms with Gasteiger partial charge < -0.3 is 14.8 Å². The third-order valence-corrected chi connectivity index (χ3v) is 3.39. The normalized spacial score (nSPS) is 17.0. The fraction of sp³-hybridized carbons (Fsp3) is 0.438. The molecule has 118 valence electrons. The molecule has 1 aromatic rings. The van der Waals surface area contributed by atoms with Crippen LogP contribution in [0.2, 0.25) is 0 Å². The molecule has 1 amide bonds. The van der Waals surface area contributed by atoms with E-state index in [0.29, 0.717) is 25.9 Å². The quantitative estimate of drug-likeness (QED) is 0.453. The summed E-state index contributed by atoms with van der Waals surface area (Å²) < 4.78 is 9.55. The average Bonchev–Trinajstić information content (AvgIpc) is 2.84. The van der Waals surface area contributed by atoms with E-state index in [9.17, 15) is 14.4 Å². The van der Waals surface area contributed by atoms with Crippen LogP contribution < -0.4 is 5.32 Å². The predicted octanol–water partition coefficient (Wildman–Crippen LogP) is 2.32. The van der Waals surface area contributed by atoms with Crippen molar-refractivity contribution in [3.05, 3.63) is 35.9 Å². The van der Waals surface area contributed by atoms with Crippen molar-refractivity contribution in [2.24, 2.45) is 0 Å². The second-order valence-electron chi connectivity index (χ2n) is 5.15. The maximum atomic E-state index is 11.6. The molecule has 0 radical (unpaired) electrons. The highest BCUT2D eigenvalue weighted by atomic mass is 16.6. The number of amides is 1. The Hall–Kier alpha value is -2.37. The van der Waals surface area contributed by atoms with Crippen LogP contribution in [0.1, 0.15) is 37.7 Å². The number of rotatable bonds is 8. The lowest BCUT2D eigenvalue weighted by atomic mass is 10.1. The summed E-state index contributed by atoms with van der Waals surface area (Å²) in [7, 11) is 0. The first-order chi connectivity index (χ1) is 10.6. The Labute approximate surface area is 128 Å². The van der Waals surface area contributed by atoms with Crippen LogP contribution in [-0.2, 0) is 25.7 Å². The van der Waals surface area contributed by atoms with E-state index in [1.807, 2.05) is 30.3 Å². The molecule has 1 aliphatic rings. The van der Waals surface area contributed by atoms with E-state index in [-0.39, 0.29) is 5.97 Å². The third kappa shape index (κ3) is 5.20. The molecule has 6 heteroatoms. The summed E-state index contributed by atoms with van der Waals surface area (Å²) in [6, 6.07) is 8.97. The largest absolute Gasteiger partial charge is 0.461 e. The number of alkyl carbamates (subject to hydrolysis) is 1. The maximum absolute atomic E-state index is 11.6. The second-order valence-corrected chi connectivity index (χ2v) is 5.15. The van der Waals surface area contributed by atoms with Crippen molar-refractivity contribution in [2.45, 2.75) is 44.8 Å². The van der Waals surface area contributed by atoms with Gasteiger partial charge in [-0.3, -0.25) is 4.79 Å². The first kappa shape index (κ1) is 16.0. The van der Waals surface area contributed by atoms with Gasteiger partial charge in [-0.25, -0.2) is 9.59 Å². The van der Waals surface area contributed by atoms with Crippen LogP contribution in [-0.4, -0.2) is 24.1 Å². The summed E-state index contributed by atoms with van der Waals surface area (Å²) in [5.74, 6) is -0.746. The maximum Gasteiger partial charge on any atom is 0.415 e. The minimum absolute atomic E-state index is 0.225. The van der Waals surface area contributed by atoms with E-state index in [0.717, 1.165) is 18.4 Å². The molecule has 0 bridgehead atoms. The number of cyclic esters (lactones) is 2. The fourth-order valence-electron chi connectivity index (χ4n) is 2.19. The van der Waals surface area contributed by atoms with Crippen molar-refractivity contribution < 1.29 is 23.9 Å². The summed E-state index contributed by atoms with van der Waals surface area (Å²) in [6.45, 7) is 0.291. The SMILES string of the molecule is O=C(CCCCCC1NC(=O)OC1=O)OCc1ccccc1. The molecule has 0 spiro atoms. The number of benzene rings is 1. The zero-order chi connectivity index (χ0) is 15.8. The van der Waals surface area contributed by atoms with Gasteiger partial charge in [-0.15, -0.1) is 0 Å². The van der Waals surface area contributed by atoms with Gasteiger partial charge in [0.2, 0.25) is 0 Å². The van der Waals surface area contributed by atoms with E-state index >= 15 is 0 Å². The van der Waals surface area contributed by atoms with Crippen molar-refractivity contribution in [1.29, 1.82) is 0 Å². The van der Waals surface area contributed by atoms with Gasteiger partial charge in [0.05, 0.1) is 0 Å². The molecule has 1 aliphatic heterocycles. The van der Waals surface area contributed by atoms with Crippen molar-refractivity contribution in [3.63, 3.8) is 0 Å². The van der Waals surface area contributed by atoms with Crippen LogP contribution in [0.3, 0.4) is 0 Å². The third-order valence-electron chi connectivity index (χ3n) is 3.39. The summed E-state index contributed by atoms with van der Waals surface area (Å²) in [6.07, 6.45) is 2.44. The van der Waals surface area contributed by atoms with Gasteiger partial charge in [0, 0.05) is 6.42 Å². The van der Waals surface area contributed by atoms with Crippen molar-refractivity contribution in [3.8, 4) is 0 Å². The van der Waals surface area contributed by atoms with Gasteiger partial charge in [-0.05, 0) is 18.4 Å². The van der Waals surface area contributed by atoms with Crippen LogP contribution in [0, 0.1) is 0 Å². The first-order valence-electron chi connectivity index (χ1n) is 7.37. The van der Waals surface area contributed by atoms with Gasteiger partial charge in [-0.2, -0.15) is 0 Å². The Morgan fingerprint density at radius 3 is 2.59 bits per heavy atom. The van der Waals surface area contributed by atoms with Gasteiger partial charge in [0.25, 0.3) is 0 Å². The molecule has 0 aromatic heterocycles. The number of unbranched alkanes of at least 4 members (excludes halogenated alkanes) is 2. The van der Waals surface area contributed by atoms with Crippen LogP contribution >= 0.6 is 0 Å². The number of carbonyl (C=O) groups is 3. The van der Waals surface area contributed by atoms with Crippen LogP contribution in [0.4, 0.5) is 4.79 Å². The van der Waals surface area contributed by atoms with E-state index in [1.165, 1.54) is 0 Å². The van der Waals surface area contributed by atoms with Crippen LogP contribution in [0.5, 0.6) is 0 Å². The Morgan fingerprint density at radius 2 is 1.91 bits per heavy atom. The smallest absolute Gasteiger partial charge is 0.415 e. The summed E-state index contributed by atoms with van der Waals surface area (Å²) in [5, 5.41) is 2.44. The van der Waals surface area contributed by atoms with E-state index in [4.69, 9.17) is 4.74 Å². The van der Waals surface area contributed by atoms with Crippen LogP contribution in [0.25, 0.3) is 0 Å². The molecule has 1 N–H and O–H groups in total. The number of nitrogens with one attached hydrogen (secondary N) is 1. The Balaban J connectivity index is 1.52. The fourth-order valence-corrected chi connectivity index (χ4v) is 2.19. The highest BCUT2D eigenvalue weighted by Crippen LogP contribution is 2.11. The first-order valence-corrected chi connectivity index (χ1v) is 7.37. The number of carbonyl (C=O) groups excluding carboxylic acids is 3. The monoisotopic (exact) mass is 305 g/mol. The molecule has 1 atom stereocenters. The lowest BCUT2D eigenvalue weighted by Gasteiger charge is -2.06. The molecule has 22 heavy (non-hydrogen) atoms. The van der Waals surface area contributed by atoms with Gasteiger partial charge in [0.1, 0.15) is 12.6 Å². The van der Waals surface area contributed by atoms with Crippen LogP contribution in [0.15, 0.2) is 30.3 Å². The molecule has 1 heterocycles. The molecule has 1 saturated heterocycles. The summed E-state index contributed by atoms with van der Waals surface area (Å²) in [5.41, 5.74) is 0.964. The molecule has 0 aliphatic carbocycles. The molecule has 6 nitrogen and oxygen atoms in total. The van der Waals surface area contributed by atoms with Crippen molar-refractivity contribution >= 4 is 18.0 Å². The predicted molar refractivity (Wildman–Crippen MR) is 77.7 cm³/mol. The molecule has 1 unspecified atom stereocenters. The molecular weight excluding hydrogens is 286 g/mol. The Bertz CT molecular complexity index is 529. The molecule has 1 fully saturated rings. The zero-order valence-corrected chi connectivity index (χ0v) is 12.2. The van der Waals surface area contributed by atoms with Crippen molar-refractivity contribution in [1.82, 2.24) is 5.32 Å². The number of hydrogen-bond acceptors (Lipinski definition) is 5. The topological polar surface area (TPSA) is 81.7 Å². The lowest BCUT2D eigenvalue weighted by molar-refractivity contribution is -0.145. The highest BCUT2D eigenvalue weighted by Gasteiger charge is 2.31. The lowest BCUT2D eigenvalue weighted by Crippen LogP contribution is -2.28. The molecule has 1 aromatic carbocycles. The number of ether oxygens (including phenoxy) is 2. The van der Waals surface area contributed by atoms with Crippen molar-refractivity contribution in [2.75, 3.05) is 0 Å². The Kier molecular flexibility index (Phi) is 5.94. The van der Waals surface area contributed by atoms with Gasteiger partial charge >= 0.3 is 18.0 Å². The second kappa shape index (κ2) is 8.17. The standard InChI is InChI=1S/C16H19NO5/c18-14(21-11-12-7-3-1-4-8-12)10-6-2-5-9-13-15(19)22-16(20)17-13/h1,3-4,7-8,13H,2,5-6,9-11H2,(H,17,20).